The van der Waals surface area contributed by atoms with E-state index in [1.807, 2.05) is 26.0 Å². The molecule has 1 aromatic rings. The number of morpholine rings is 1. The van der Waals surface area contributed by atoms with Crippen molar-refractivity contribution in [1.82, 2.24) is 15.5 Å². The first kappa shape index (κ1) is 24.0. The van der Waals surface area contributed by atoms with E-state index in [0.717, 1.165) is 51.0 Å². The van der Waals surface area contributed by atoms with Crippen molar-refractivity contribution in [2.45, 2.75) is 38.7 Å². The highest BCUT2D eigenvalue weighted by Gasteiger charge is 2.25. The number of nitrogens with one attached hydrogen (secondary N) is 2. The number of nitro groups is 1. The van der Waals surface area contributed by atoms with Gasteiger partial charge >= 0.3 is 0 Å². The maximum atomic E-state index is 10.7. The van der Waals surface area contributed by atoms with Crippen molar-refractivity contribution in [3.05, 3.63) is 39.9 Å². The summed E-state index contributed by atoms with van der Waals surface area (Å²) in [6.07, 6.45) is 2.80. The van der Waals surface area contributed by atoms with Gasteiger partial charge in [0.05, 0.1) is 30.3 Å². The number of unbranched alkanes of at least 4 members (excludes halogenated alkanes) is 1. The van der Waals surface area contributed by atoms with Crippen LogP contribution in [0.15, 0.2) is 29.3 Å². The van der Waals surface area contributed by atoms with E-state index < -0.39 is 5.60 Å². The van der Waals surface area contributed by atoms with E-state index in [2.05, 4.69) is 20.5 Å². The minimum atomic E-state index is -0.893. The molecule has 1 saturated heterocycles. The molecule has 1 unspecified atom stereocenters. The van der Waals surface area contributed by atoms with Crippen molar-refractivity contribution < 1.29 is 14.8 Å². The largest absolute Gasteiger partial charge is 0.387 e. The van der Waals surface area contributed by atoms with E-state index >= 15 is 0 Å². The van der Waals surface area contributed by atoms with Gasteiger partial charge in [-0.15, -0.1) is 0 Å². The molecule has 2 rings (SSSR count). The third-order valence-corrected chi connectivity index (χ3v) is 4.92. The molecule has 1 aliphatic rings. The summed E-state index contributed by atoms with van der Waals surface area (Å²) in [7, 11) is 0. The second-order valence-electron chi connectivity index (χ2n) is 7.89. The SMILES string of the molecule is CCNC(=NCC(C)(O)CN1CCOCC1)NCCCCc1ccc([N+](=O)[O-])cc1. The minimum absolute atomic E-state index is 0.122. The van der Waals surface area contributed by atoms with Crippen LogP contribution < -0.4 is 10.6 Å². The van der Waals surface area contributed by atoms with Gasteiger partial charge in [-0.05, 0) is 38.7 Å². The van der Waals surface area contributed by atoms with Gasteiger partial charge < -0.3 is 20.5 Å². The Morgan fingerprint density at radius 1 is 1.27 bits per heavy atom. The van der Waals surface area contributed by atoms with E-state index in [1.54, 1.807) is 12.1 Å². The number of rotatable bonds is 11. The van der Waals surface area contributed by atoms with Crippen molar-refractivity contribution >= 4 is 11.6 Å². The number of benzene rings is 1. The third kappa shape index (κ3) is 9.06. The van der Waals surface area contributed by atoms with Crippen LogP contribution in [0.2, 0.25) is 0 Å². The summed E-state index contributed by atoms with van der Waals surface area (Å²) >= 11 is 0. The Balaban J connectivity index is 1.71. The highest BCUT2D eigenvalue weighted by atomic mass is 16.6. The van der Waals surface area contributed by atoms with Crippen molar-refractivity contribution in [3.8, 4) is 0 Å². The number of hydrogen-bond acceptors (Lipinski definition) is 6. The van der Waals surface area contributed by atoms with Crippen LogP contribution in [0.4, 0.5) is 5.69 Å². The fourth-order valence-electron chi connectivity index (χ4n) is 3.33. The van der Waals surface area contributed by atoms with Gasteiger partial charge in [0, 0.05) is 44.9 Å². The van der Waals surface area contributed by atoms with E-state index in [1.165, 1.54) is 0 Å². The Hall–Kier alpha value is -2.23. The molecule has 0 aliphatic carbocycles. The van der Waals surface area contributed by atoms with Crippen LogP contribution in [0.5, 0.6) is 0 Å². The molecule has 168 valence electrons. The maximum absolute atomic E-state index is 10.7. The molecule has 0 aromatic heterocycles. The monoisotopic (exact) mass is 421 g/mol. The molecule has 0 spiro atoms. The van der Waals surface area contributed by atoms with Gasteiger partial charge in [0.25, 0.3) is 5.69 Å². The number of aliphatic hydroxyl groups is 1. The second-order valence-corrected chi connectivity index (χ2v) is 7.89. The normalized spacial score (nSPS) is 17.4. The third-order valence-electron chi connectivity index (χ3n) is 4.92. The number of hydrogen-bond donors (Lipinski definition) is 3. The predicted molar refractivity (Wildman–Crippen MR) is 118 cm³/mol. The summed E-state index contributed by atoms with van der Waals surface area (Å²) in [4.78, 5) is 17.1. The van der Waals surface area contributed by atoms with Crippen LogP contribution >= 0.6 is 0 Å². The molecule has 1 aromatic carbocycles. The van der Waals surface area contributed by atoms with Crippen LogP contribution in [-0.2, 0) is 11.2 Å². The topological polar surface area (TPSA) is 112 Å². The Morgan fingerprint density at radius 3 is 2.60 bits per heavy atom. The molecule has 0 amide bonds. The molecule has 3 N–H and O–H groups in total. The van der Waals surface area contributed by atoms with Crippen LogP contribution in [0, 0.1) is 10.1 Å². The molecule has 0 bridgehead atoms. The average Bonchev–Trinajstić information content (AvgIpc) is 2.72. The van der Waals surface area contributed by atoms with E-state index in [-0.39, 0.29) is 10.6 Å². The second kappa shape index (κ2) is 12.5. The fraction of sp³-hybridized carbons (Fsp3) is 0.667. The van der Waals surface area contributed by atoms with Gasteiger partial charge in [-0.2, -0.15) is 0 Å². The van der Waals surface area contributed by atoms with Crippen molar-refractivity contribution in [2.24, 2.45) is 4.99 Å². The number of aliphatic imine (C=N–C) groups is 1. The quantitative estimate of drug-likeness (QED) is 0.163. The molecule has 9 heteroatoms. The predicted octanol–water partition coefficient (Wildman–Crippen LogP) is 1.56. The summed E-state index contributed by atoms with van der Waals surface area (Å²) in [5.74, 6) is 0.704. The molecular formula is C21H35N5O4. The number of non-ortho nitro benzene ring substituents is 1. The summed E-state index contributed by atoms with van der Waals surface area (Å²) in [6, 6.07) is 6.72. The van der Waals surface area contributed by atoms with Gasteiger partial charge in [0.1, 0.15) is 0 Å². The van der Waals surface area contributed by atoms with Crippen molar-refractivity contribution in [1.29, 1.82) is 0 Å². The zero-order valence-corrected chi connectivity index (χ0v) is 18.1. The molecule has 0 radical (unpaired) electrons. The average molecular weight is 422 g/mol. The number of aryl methyl sites for hydroxylation is 1. The van der Waals surface area contributed by atoms with Crippen LogP contribution in [-0.4, -0.2) is 79.0 Å². The first-order valence-corrected chi connectivity index (χ1v) is 10.7. The number of ether oxygens (including phenoxy) is 1. The lowest BCUT2D eigenvalue weighted by molar-refractivity contribution is -0.384. The highest BCUT2D eigenvalue weighted by molar-refractivity contribution is 5.79. The van der Waals surface area contributed by atoms with Crippen LogP contribution in [0.25, 0.3) is 0 Å². The molecule has 1 fully saturated rings. The Morgan fingerprint density at radius 2 is 1.97 bits per heavy atom. The Bertz CT molecular complexity index is 672. The number of β-amino-alcohol motifs (C(OH)–C–C–N with tert-alkyl or cyclic N) is 1. The Labute approximate surface area is 178 Å². The van der Waals surface area contributed by atoms with Gasteiger partial charge in [-0.1, -0.05) is 12.1 Å². The Kier molecular flexibility index (Phi) is 9.99. The highest BCUT2D eigenvalue weighted by Crippen LogP contribution is 2.13. The minimum Gasteiger partial charge on any atom is -0.387 e. The van der Waals surface area contributed by atoms with E-state index in [4.69, 9.17) is 4.74 Å². The van der Waals surface area contributed by atoms with Gasteiger partial charge in [0.15, 0.2) is 5.96 Å². The van der Waals surface area contributed by atoms with Crippen LogP contribution in [0.1, 0.15) is 32.3 Å². The van der Waals surface area contributed by atoms with Crippen molar-refractivity contribution in [3.63, 3.8) is 0 Å². The lowest BCUT2D eigenvalue weighted by Gasteiger charge is -2.33. The maximum Gasteiger partial charge on any atom is 0.269 e. The van der Waals surface area contributed by atoms with E-state index in [9.17, 15) is 15.2 Å². The first-order valence-electron chi connectivity index (χ1n) is 10.7. The summed E-state index contributed by atoms with van der Waals surface area (Å²) < 4.78 is 5.35. The molecule has 0 saturated carbocycles. The molecule has 9 nitrogen and oxygen atoms in total. The van der Waals surface area contributed by atoms with E-state index in [0.29, 0.717) is 32.3 Å². The smallest absolute Gasteiger partial charge is 0.269 e. The summed E-state index contributed by atoms with van der Waals surface area (Å²) in [5.41, 5.74) is 0.326. The van der Waals surface area contributed by atoms with Crippen LogP contribution in [0.3, 0.4) is 0 Å². The molecule has 1 heterocycles. The molecule has 30 heavy (non-hydrogen) atoms. The number of nitro benzene ring substituents is 1. The molecule has 1 atom stereocenters. The first-order chi connectivity index (χ1) is 14.4. The summed E-state index contributed by atoms with van der Waals surface area (Å²) in [6.45, 7) is 9.35. The van der Waals surface area contributed by atoms with Crippen molar-refractivity contribution in [2.75, 3.05) is 52.5 Å². The number of nitrogens with zero attached hydrogens (tertiary/aromatic N) is 3. The van der Waals surface area contributed by atoms with Gasteiger partial charge in [-0.3, -0.25) is 20.0 Å². The molecular weight excluding hydrogens is 386 g/mol. The zero-order chi connectivity index (χ0) is 21.8. The summed E-state index contributed by atoms with van der Waals surface area (Å²) in [5, 5.41) is 27.9. The number of guanidine groups is 1. The lowest BCUT2D eigenvalue weighted by Crippen LogP contribution is -2.48. The standard InChI is InChI=1S/C21H35N5O4/c1-3-22-20(24-16-21(2,27)17-25-12-14-30-15-13-25)23-11-5-4-6-18-7-9-19(10-8-18)26(28)29/h7-10,27H,3-6,11-17H2,1-2H3,(H2,22,23,24). The lowest BCUT2D eigenvalue weighted by atomic mass is 10.1. The fourth-order valence-corrected chi connectivity index (χ4v) is 3.33. The van der Waals surface area contributed by atoms with Gasteiger partial charge in [-0.25, -0.2) is 0 Å². The zero-order valence-electron chi connectivity index (χ0n) is 18.1. The van der Waals surface area contributed by atoms with Gasteiger partial charge in [0.2, 0.25) is 0 Å². The molecule has 1 aliphatic heterocycles.